The molecule has 0 aliphatic carbocycles. The molecule has 1 heterocycles. The van der Waals surface area contributed by atoms with E-state index < -0.39 is 5.97 Å². The minimum Gasteiger partial charge on any atom is -0.481 e. The zero-order chi connectivity index (χ0) is 18.2. The van der Waals surface area contributed by atoms with Crippen molar-refractivity contribution in [1.82, 2.24) is 0 Å². The number of hydrogen-bond donors (Lipinski definition) is 1. The minimum atomic E-state index is -0.750. The number of aliphatic carboxylic acids is 1. The first-order chi connectivity index (χ1) is 12.2. The highest BCUT2D eigenvalue weighted by atomic mass is 16.6. The van der Waals surface area contributed by atoms with Gasteiger partial charge in [0.15, 0.2) is 0 Å². The molecule has 1 rings (SSSR count). The molecular formula is C22H30O3. The molecule has 1 aliphatic rings. The van der Waals surface area contributed by atoms with Crippen LogP contribution in [0.2, 0.25) is 0 Å². The molecule has 3 heteroatoms. The third kappa shape index (κ3) is 12.9. The highest BCUT2D eigenvalue weighted by Gasteiger charge is 2.34. The van der Waals surface area contributed by atoms with Crippen LogP contribution < -0.4 is 0 Å². The molecule has 1 N–H and O–H groups in total. The van der Waals surface area contributed by atoms with Gasteiger partial charge in [0.2, 0.25) is 0 Å². The summed E-state index contributed by atoms with van der Waals surface area (Å²) in [7, 11) is 0. The van der Waals surface area contributed by atoms with Gasteiger partial charge in [-0.1, -0.05) is 79.8 Å². The van der Waals surface area contributed by atoms with Gasteiger partial charge < -0.3 is 9.84 Å². The molecule has 0 aromatic carbocycles. The van der Waals surface area contributed by atoms with Crippen LogP contribution in [0.4, 0.5) is 0 Å². The van der Waals surface area contributed by atoms with Crippen LogP contribution in [0.15, 0.2) is 72.9 Å². The highest BCUT2D eigenvalue weighted by molar-refractivity contribution is 5.66. The van der Waals surface area contributed by atoms with Gasteiger partial charge in [-0.15, -0.1) is 0 Å². The lowest BCUT2D eigenvalue weighted by atomic mass is 10.2. The first-order valence-electron chi connectivity index (χ1n) is 9.06. The maximum atomic E-state index is 10.3. The highest BCUT2D eigenvalue weighted by Crippen LogP contribution is 2.26. The zero-order valence-corrected chi connectivity index (χ0v) is 15.1. The van der Waals surface area contributed by atoms with Crippen molar-refractivity contribution < 1.29 is 14.6 Å². The van der Waals surface area contributed by atoms with E-state index in [0.717, 1.165) is 25.7 Å². The van der Waals surface area contributed by atoms with E-state index in [4.69, 9.17) is 9.84 Å². The summed E-state index contributed by atoms with van der Waals surface area (Å²) in [6, 6.07) is 0. The van der Waals surface area contributed by atoms with Gasteiger partial charge in [0.25, 0.3) is 0 Å². The van der Waals surface area contributed by atoms with Crippen LogP contribution >= 0.6 is 0 Å². The molecule has 0 aromatic heterocycles. The molecule has 25 heavy (non-hydrogen) atoms. The van der Waals surface area contributed by atoms with E-state index in [1.165, 1.54) is 0 Å². The molecule has 3 nitrogen and oxygen atoms in total. The summed E-state index contributed by atoms with van der Waals surface area (Å²) in [5.74, 6) is -0.750. The van der Waals surface area contributed by atoms with Crippen molar-refractivity contribution in [1.29, 1.82) is 0 Å². The Bertz CT molecular complexity index is 535. The minimum absolute atomic E-state index is 0.199. The van der Waals surface area contributed by atoms with E-state index in [9.17, 15) is 4.79 Å². The largest absolute Gasteiger partial charge is 0.481 e. The fourth-order valence-electron chi connectivity index (χ4n) is 2.14. The number of carboxylic acids is 1. The van der Waals surface area contributed by atoms with Gasteiger partial charge in [-0.25, -0.2) is 0 Å². The lowest BCUT2D eigenvalue weighted by Crippen LogP contribution is -1.91. The van der Waals surface area contributed by atoms with Crippen molar-refractivity contribution in [3.8, 4) is 0 Å². The smallest absolute Gasteiger partial charge is 0.303 e. The molecule has 0 amide bonds. The Balaban J connectivity index is 2.04. The number of rotatable bonds is 13. The first-order valence-corrected chi connectivity index (χ1v) is 9.06. The lowest BCUT2D eigenvalue weighted by molar-refractivity contribution is -0.136. The van der Waals surface area contributed by atoms with Crippen LogP contribution in [0.5, 0.6) is 0 Å². The van der Waals surface area contributed by atoms with E-state index in [1.54, 1.807) is 0 Å². The summed E-state index contributed by atoms with van der Waals surface area (Å²) in [5.41, 5.74) is 0. The molecule has 0 spiro atoms. The second-order valence-electron chi connectivity index (χ2n) is 5.80. The number of epoxide rings is 1. The number of carbonyl (C=O) groups is 1. The van der Waals surface area contributed by atoms with Gasteiger partial charge in [-0.3, -0.25) is 4.79 Å². The second-order valence-corrected chi connectivity index (χ2v) is 5.80. The standard InChI is InChI=1S/C22H30O3/c1-2-3-4-5-6-7-8-11-14-17-20-21(25-20)18-15-12-9-10-13-16-19-22(23)24/h3-4,6-8,10-15,17,20-21H,2,5,9,16,18-19H2,1H3,(H,23,24)/b4-3-,7-6-,11-8+,13-10-,15-12-,17-14-. The summed E-state index contributed by atoms with van der Waals surface area (Å²) in [6.45, 7) is 2.14. The van der Waals surface area contributed by atoms with Gasteiger partial charge in [-0.2, -0.15) is 0 Å². The normalized spacial score (nSPS) is 21.2. The van der Waals surface area contributed by atoms with Crippen LogP contribution in [0.1, 0.15) is 45.4 Å². The van der Waals surface area contributed by atoms with Crippen LogP contribution in [-0.4, -0.2) is 23.3 Å². The number of carboxylic acid groups (broad SMARTS) is 1. The fourth-order valence-corrected chi connectivity index (χ4v) is 2.14. The molecule has 0 saturated carbocycles. The SMILES string of the molecule is CC/C=C\C\C=C/C=C/C=C\C1OC1C/C=C\C/C=C\CCC(=O)O. The molecule has 136 valence electrons. The zero-order valence-electron chi connectivity index (χ0n) is 15.1. The molecular weight excluding hydrogens is 312 g/mol. The molecule has 0 radical (unpaired) electrons. The Labute approximate surface area is 151 Å². The Kier molecular flexibility index (Phi) is 11.9. The number of ether oxygens (including phenoxy) is 1. The number of allylic oxidation sites excluding steroid dienone is 10. The molecule has 1 saturated heterocycles. The fraction of sp³-hybridized carbons (Fsp3) is 0.409. The first kappa shape index (κ1) is 20.9. The van der Waals surface area contributed by atoms with Crippen molar-refractivity contribution >= 4 is 5.97 Å². The quantitative estimate of drug-likeness (QED) is 0.272. The molecule has 2 atom stereocenters. The number of hydrogen-bond acceptors (Lipinski definition) is 2. The average molecular weight is 342 g/mol. The summed E-state index contributed by atoms with van der Waals surface area (Å²) in [5, 5.41) is 8.51. The summed E-state index contributed by atoms with van der Waals surface area (Å²) in [6.07, 6.45) is 30.0. The van der Waals surface area contributed by atoms with Crippen molar-refractivity contribution in [3.05, 3.63) is 72.9 Å². The Morgan fingerprint density at radius 2 is 1.64 bits per heavy atom. The summed E-state index contributed by atoms with van der Waals surface area (Å²) < 4.78 is 5.58. The molecule has 0 bridgehead atoms. The van der Waals surface area contributed by atoms with Gasteiger partial charge in [-0.05, 0) is 32.1 Å². The maximum absolute atomic E-state index is 10.3. The Hall–Kier alpha value is -2.13. The molecule has 2 unspecified atom stereocenters. The van der Waals surface area contributed by atoms with Crippen molar-refractivity contribution in [2.24, 2.45) is 0 Å². The van der Waals surface area contributed by atoms with E-state index in [0.29, 0.717) is 12.5 Å². The third-order valence-corrected chi connectivity index (χ3v) is 3.57. The Morgan fingerprint density at radius 3 is 2.44 bits per heavy atom. The second kappa shape index (κ2) is 14.2. The maximum Gasteiger partial charge on any atom is 0.303 e. The van der Waals surface area contributed by atoms with Crippen LogP contribution in [0.3, 0.4) is 0 Å². The average Bonchev–Trinajstić information content (AvgIpc) is 3.34. The summed E-state index contributed by atoms with van der Waals surface area (Å²) in [4.78, 5) is 10.3. The van der Waals surface area contributed by atoms with E-state index >= 15 is 0 Å². The van der Waals surface area contributed by atoms with Crippen molar-refractivity contribution in [2.45, 2.75) is 57.7 Å². The van der Waals surface area contributed by atoms with Crippen molar-refractivity contribution in [2.75, 3.05) is 0 Å². The van der Waals surface area contributed by atoms with Gasteiger partial charge in [0.1, 0.15) is 6.10 Å². The van der Waals surface area contributed by atoms with Crippen LogP contribution in [0.25, 0.3) is 0 Å². The van der Waals surface area contributed by atoms with Crippen LogP contribution in [0, 0.1) is 0 Å². The topological polar surface area (TPSA) is 49.8 Å². The summed E-state index contributed by atoms with van der Waals surface area (Å²) >= 11 is 0. The lowest BCUT2D eigenvalue weighted by Gasteiger charge is -1.87. The monoisotopic (exact) mass is 342 g/mol. The van der Waals surface area contributed by atoms with E-state index in [2.05, 4.69) is 49.5 Å². The van der Waals surface area contributed by atoms with Gasteiger partial charge in [0, 0.05) is 6.42 Å². The van der Waals surface area contributed by atoms with Crippen molar-refractivity contribution in [3.63, 3.8) is 0 Å². The molecule has 1 fully saturated rings. The Morgan fingerprint density at radius 1 is 0.920 bits per heavy atom. The predicted molar refractivity (Wildman–Crippen MR) is 105 cm³/mol. The molecule has 0 aromatic rings. The third-order valence-electron chi connectivity index (χ3n) is 3.57. The van der Waals surface area contributed by atoms with Gasteiger partial charge >= 0.3 is 5.97 Å². The van der Waals surface area contributed by atoms with E-state index in [-0.39, 0.29) is 12.5 Å². The molecule has 1 aliphatic heterocycles. The van der Waals surface area contributed by atoms with Crippen LogP contribution in [-0.2, 0) is 9.53 Å². The predicted octanol–water partition coefficient (Wildman–Crippen LogP) is 5.54. The van der Waals surface area contributed by atoms with E-state index in [1.807, 2.05) is 30.4 Å². The van der Waals surface area contributed by atoms with Gasteiger partial charge in [0.05, 0.1) is 6.10 Å².